The number of amides is 1. The molecule has 1 atom stereocenters. The number of carbonyl (C=O) groups excluding carboxylic acids is 1. The number of amidine groups is 1. The minimum Gasteiger partial charge on any atom is -0.409 e. The van der Waals surface area contributed by atoms with Crippen LogP contribution < -0.4 is 16.4 Å². The Kier molecular flexibility index (Phi) is 5.13. The van der Waals surface area contributed by atoms with Crippen LogP contribution >= 0.6 is 0 Å². The molecule has 6 heteroatoms. The molecule has 1 aromatic rings. The summed E-state index contributed by atoms with van der Waals surface area (Å²) >= 11 is 0. The standard InChI is InChI=1S/C12H18N4O2/c1-8(12(17)14-2)15-7-9-3-5-10(6-4-9)11(13)16-18/h3-6,8,15,18H,7H2,1-2H3,(H2,13,16)(H,14,17). The number of nitrogens with one attached hydrogen (secondary N) is 2. The Morgan fingerprint density at radius 2 is 2.06 bits per heavy atom. The van der Waals surface area contributed by atoms with Crippen LogP contribution in [-0.4, -0.2) is 30.0 Å². The number of rotatable bonds is 5. The molecule has 0 aliphatic rings. The van der Waals surface area contributed by atoms with Crippen molar-refractivity contribution in [3.63, 3.8) is 0 Å². The van der Waals surface area contributed by atoms with Crippen molar-refractivity contribution in [3.8, 4) is 0 Å². The van der Waals surface area contributed by atoms with Crippen LogP contribution in [0.2, 0.25) is 0 Å². The molecule has 1 rings (SSSR count). The van der Waals surface area contributed by atoms with Crippen LogP contribution in [0.15, 0.2) is 29.4 Å². The van der Waals surface area contributed by atoms with Crippen LogP contribution in [0, 0.1) is 0 Å². The average molecular weight is 250 g/mol. The smallest absolute Gasteiger partial charge is 0.236 e. The number of oxime groups is 1. The lowest BCUT2D eigenvalue weighted by molar-refractivity contribution is -0.122. The molecule has 0 radical (unpaired) electrons. The highest BCUT2D eigenvalue weighted by Gasteiger charge is 2.09. The van der Waals surface area contributed by atoms with E-state index >= 15 is 0 Å². The van der Waals surface area contributed by atoms with Crippen LogP contribution in [0.3, 0.4) is 0 Å². The third kappa shape index (κ3) is 3.74. The second-order valence-electron chi connectivity index (χ2n) is 3.90. The largest absolute Gasteiger partial charge is 0.409 e. The predicted octanol–water partition coefficient (Wildman–Crippen LogP) is 0.00520. The van der Waals surface area contributed by atoms with Crippen LogP contribution in [0.25, 0.3) is 0 Å². The third-order valence-corrected chi connectivity index (χ3v) is 2.61. The molecular weight excluding hydrogens is 232 g/mol. The Balaban J connectivity index is 2.57. The quantitative estimate of drug-likeness (QED) is 0.256. The van der Waals surface area contributed by atoms with Crippen LogP contribution in [0.4, 0.5) is 0 Å². The normalized spacial score (nSPS) is 13.1. The molecule has 0 aliphatic heterocycles. The van der Waals surface area contributed by atoms with Crippen LogP contribution in [0.1, 0.15) is 18.1 Å². The van der Waals surface area contributed by atoms with Gasteiger partial charge in [-0.1, -0.05) is 29.4 Å². The molecular formula is C12H18N4O2. The number of nitrogens with two attached hydrogens (primary N) is 1. The predicted molar refractivity (Wildman–Crippen MR) is 69.3 cm³/mol. The highest BCUT2D eigenvalue weighted by Crippen LogP contribution is 2.04. The van der Waals surface area contributed by atoms with Gasteiger partial charge < -0.3 is 21.6 Å². The first-order valence-corrected chi connectivity index (χ1v) is 5.60. The average Bonchev–Trinajstić information content (AvgIpc) is 2.43. The van der Waals surface area contributed by atoms with Gasteiger partial charge in [0.05, 0.1) is 6.04 Å². The van der Waals surface area contributed by atoms with E-state index in [2.05, 4.69) is 15.8 Å². The van der Waals surface area contributed by atoms with Crippen molar-refractivity contribution < 1.29 is 10.0 Å². The maximum Gasteiger partial charge on any atom is 0.236 e. The highest BCUT2D eigenvalue weighted by molar-refractivity contribution is 5.96. The van der Waals surface area contributed by atoms with E-state index in [9.17, 15) is 4.79 Å². The van der Waals surface area contributed by atoms with Crippen molar-refractivity contribution in [1.82, 2.24) is 10.6 Å². The Morgan fingerprint density at radius 1 is 1.44 bits per heavy atom. The maximum atomic E-state index is 11.3. The highest BCUT2D eigenvalue weighted by atomic mass is 16.4. The fraction of sp³-hybridized carbons (Fsp3) is 0.333. The molecule has 18 heavy (non-hydrogen) atoms. The summed E-state index contributed by atoms with van der Waals surface area (Å²) in [5, 5.41) is 17.1. The van der Waals surface area contributed by atoms with Crippen molar-refractivity contribution in [2.45, 2.75) is 19.5 Å². The lowest BCUT2D eigenvalue weighted by Gasteiger charge is -2.12. The zero-order valence-corrected chi connectivity index (χ0v) is 10.5. The molecule has 0 heterocycles. The van der Waals surface area contributed by atoms with Gasteiger partial charge in [-0.2, -0.15) is 0 Å². The molecule has 0 fully saturated rings. The van der Waals surface area contributed by atoms with Gasteiger partial charge in [-0.15, -0.1) is 0 Å². The lowest BCUT2D eigenvalue weighted by Crippen LogP contribution is -2.40. The SMILES string of the molecule is CNC(=O)C(C)NCc1ccc(C(N)=NO)cc1. The summed E-state index contributed by atoms with van der Waals surface area (Å²) in [6.07, 6.45) is 0. The van der Waals surface area contributed by atoms with Gasteiger partial charge in [-0.05, 0) is 12.5 Å². The molecule has 0 aliphatic carbocycles. The Morgan fingerprint density at radius 3 is 2.56 bits per heavy atom. The van der Waals surface area contributed by atoms with Crippen molar-refractivity contribution in [3.05, 3.63) is 35.4 Å². The maximum absolute atomic E-state index is 11.3. The molecule has 6 nitrogen and oxygen atoms in total. The van der Waals surface area contributed by atoms with Crippen molar-refractivity contribution >= 4 is 11.7 Å². The summed E-state index contributed by atoms with van der Waals surface area (Å²) in [6, 6.07) is 6.99. The molecule has 1 aromatic carbocycles. The van der Waals surface area contributed by atoms with E-state index in [-0.39, 0.29) is 17.8 Å². The molecule has 0 bridgehead atoms. The fourth-order valence-electron chi connectivity index (χ4n) is 1.43. The minimum atomic E-state index is -0.251. The molecule has 0 saturated heterocycles. The van der Waals surface area contributed by atoms with Crippen LogP contribution in [-0.2, 0) is 11.3 Å². The summed E-state index contributed by atoms with van der Waals surface area (Å²) in [5.41, 5.74) is 7.12. The van der Waals surface area contributed by atoms with Gasteiger partial charge in [-0.3, -0.25) is 4.79 Å². The molecule has 0 aromatic heterocycles. The molecule has 5 N–H and O–H groups in total. The molecule has 1 amide bonds. The topological polar surface area (TPSA) is 99.7 Å². The first-order valence-electron chi connectivity index (χ1n) is 5.60. The molecule has 0 spiro atoms. The van der Waals surface area contributed by atoms with E-state index in [1.165, 1.54) is 0 Å². The zero-order valence-electron chi connectivity index (χ0n) is 10.5. The van der Waals surface area contributed by atoms with Crippen LogP contribution in [0.5, 0.6) is 0 Å². The molecule has 1 unspecified atom stereocenters. The molecule has 98 valence electrons. The van der Waals surface area contributed by atoms with E-state index in [4.69, 9.17) is 10.9 Å². The number of carbonyl (C=O) groups is 1. The van der Waals surface area contributed by atoms with Crippen molar-refractivity contribution in [2.24, 2.45) is 10.9 Å². The summed E-state index contributed by atoms with van der Waals surface area (Å²) in [5.74, 6) is 0.0246. The number of likely N-dealkylation sites (N-methyl/N-ethyl adjacent to an activating group) is 1. The molecule has 0 saturated carbocycles. The van der Waals surface area contributed by atoms with E-state index < -0.39 is 0 Å². The summed E-state index contributed by atoms with van der Waals surface area (Å²) in [6.45, 7) is 2.37. The van der Waals surface area contributed by atoms with Crippen molar-refractivity contribution in [1.29, 1.82) is 0 Å². The van der Waals surface area contributed by atoms with Gasteiger partial charge in [0.2, 0.25) is 5.91 Å². The van der Waals surface area contributed by atoms with Gasteiger partial charge in [0, 0.05) is 19.2 Å². The summed E-state index contributed by atoms with van der Waals surface area (Å²) < 4.78 is 0. The van der Waals surface area contributed by atoms with Gasteiger partial charge in [0.1, 0.15) is 0 Å². The number of hydrogen-bond donors (Lipinski definition) is 4. The van der Waals surface area contributed by atoms with Gasteiger partial charge in [0.15, 0.2) is 5.84 Å². The third-order valence-electron chi connectivity index (χ3n) is 2.61. The Hall–Kier alpha value is -2.08. The van der Waals surface area contributed by atoms with Gasteiger partial charge in [-0.25, -0.2) is 0 Å². The minimum absolute atomic E-state index is 0.0525. The van der Waals surface area contributed by atoms with E-state index in [1.54, 1.807) is 26.1 Å². The van der Waals surface area contributed by atoms with Crippen molar-refractivity contribution in [2.75, 3.05) is 7.05 Å². The van der Waals surface area contributed by atoms with Gasteiger partial charge in [0.25, 0.3) is 0 Å². The van der Waals surface area contributed by atoms with Gasteiger partial charge >= 0.3 is 0 Å². The Labute approximate surface area is 106 Å². The second-order valence-corrected chi connectivity index (χ2v) is 3.90. The summed E-state index contributed by atoms with van der Waals surface area (Å²) in [7, 11) is 1.60. The lowest BCUT2D eigenvalue weighted by atomic mass is 10.1. The van der Waals surface area contributed by atoms with E-state index in [1.807, 2.05) is 12.1 Å². The monoisotopic (exact) mass is 250 g/mol. The summed E-state index contributed by atoms with van der Waals surface area (Å²) in [4.78, 5) is 11.3. The first kappa shape index (κ1) is 14.0. The number of benzene rings is 1. The number of hydrogen-bond acceptors (Lipinski definition) is 4. The fourth-order valence-corrected chi connectivity index (χ4v) is 1.43. The number of nitrogens with zero attached hydrogens (tertiary/aromatic N) is 1. The van der Waals surface area contributed by atoms with E-state index in [0.717, 1.165) is 5.56 Å². The second kappa shape index (κ2) is 6.61. The Bertz CT molecular complexity index is 428. The zero-order chi connectivity index (χ0) is 13.5. The van der Waals surface area contributed by atoms with E-state index in [0.29, 0.717) is 12.1 Å². The first-order chi connectivity index (χ1) is 8.58.